The molecule has 5 aromatic carbocycles. The van der Waals surface area contributed by atoms with E-state index in [0.29, 0.717) is 0 Å². The first-order valence-electron chi connectivity index (χ1n) is 9.21. The molecule has 0 heterocycles. The molecular weight excluding hydrogens is 326 g/mol. The second kappa shape index (κ2) is 6.62. The average molecular weight is 345 g/mol. The van der Waals surface area contributed by atoms with Crippen molar-refractivity contribution in [1.29, 1.82) is 0 Å². The van der Waals surface area contributed by atoms with E-state index in [-0.39, 0.29) is 0 Å². The third kappa shape index (κ3) is 2.94. The predicted octanol–water partition coefficient (Wildman–Crippen LogP) is 7.40. The van der Waals surface area contributed by atoms with E-state index in [1.807, 2.05) is 6.07 Å². The number of anilines is 2. The average Bonchev–Trinajstić information content (AvgIpc) is 2.75. The van der Waals surface area contributed by atoms with Gasteiger partial charge in [-0.2, -0.15) is 0 Å². The quantitative estimate of drug-likeness (QED) is 0.336. The molecule has 1 N–H and O–H groups in total. The molecule has 0 aliphatic heterocycles. The summed E-state index contributed by atoms with van der Waals surface area (Å²) in [4.78, 5) is 0. The zero-order chi connectivity index (χ0) is 18.1. The molecule has 0 radical (unpaired) electrons. The van der Waals surface area contributed by atoms with Crippen LogP contribution in [0.25, 0.3) is 32.7 Å². The van der Waals surface area contributed by atoms with Gasteiger partial charge in [0.1, 0.15) is 0 Å². The molecule has 0 aromatic heterocycles. The molecule has 0 amide bonds. The minimum atomic E-state index is 1.09. The Kier molecular flexibility index (Phi) is 3.84. The van der Waals surface area contributed by atoms with Crippen molar-refractivity contribution in [3.63, 3.8) is 0 Å². The van der Waals surface area contributed by atoms with Crippen LogP contribution in [0.4, 0.5) is 11.4 Å². The van der Waals surface area contributed by atoms with Crippen molar-refractivity contribution < 1.29 is 0 Å². The van der Waals surface area contributed by atoms with Gasteiger partial charge < -0.3 is 5.32 Å². The van der Waals surface area contributed by atoms with Gasteiger partial charge in [0.15, 0.2) is 0 Å². The van der Waals surface area contributed by atoms with Gasteiger partial charge in [-0.25, -0.2) is 0 Å². The van der Waals surface area contributed by atoms with E-state index in [4.69, 9.17) is 0 Å². The minimum Gasteiger partial charge on any atom is -0.355 e. The van der Waals surface area contributed by atoms with Crippen LogP contribution >= 0.6 is 0 Å². The number of hydrogen-bond donors (Lipinski definition) is 1. The van der Waals surface area contributed by atoms with Crippen molar-refractivity contribution in [3.8, 4) is 11.1 Å². The molecule has 0 bridgehead atoms. The fraction of sp³-hybridized carbons (Fsp3) is 0. The highest BCUT2D eigenvalue weighted by atomic mass is 14.9. The van der Waals surface area contributed by atoms with Crippen LogP contribution in [-0.2, 0) is 0 Å². The number of nitrogens with one attached hydrogen (secondary N) is 1. The molecule has 0 atom stereocenters. The van der Waals surface area contributed by atoms with Gasteiger partial charge in [-0.3, -0.25) is 0 Å². The maximum atomic E-state index is 3.65. The Morgan fingerprint density at radius 1 is 0.444 bits per heavy atom. The largest absolute Gasteiger partial charge is 0.355 e. The van der Waals surface area contributed by atoms with Crippen LogP contribution in [0.5, 0.6) is 0 Å². The van der Waals surface area contributed by atoms with E-state index < -0.39 is 0 Å². The van der Waals surface area contributed by atoms with E-state index in [0.717, 1.165) is 11.4 Å². The lowest BCUT2D eigenvalue weighted by Crippen LogP contribution is -1.93. The van der Waals surface area contributed by atoms with Gasteiger partial charge in [-0.15, -0.1) is 0 Å². The van der Waals surface area contributed by atoms with Crippen molar-refractivity contribution in [3.05, 3.63) is 109 Å². The molecule has 1 nitrogen and oxygen atoms in total. The summed E-state index contributed by atoms with van der Waals surface area (Å²) in [6, 6.07) is 38.5. The van der Waals surface area contributed by atoms with Gasteiger partial charge in [0, 0.05) is 16.8 Å². The first kappa shape index (κ1) is 15.7. The molecule has 128 valence electrons. The summed E-state index contributed by atoms with van der Waals surface area (Å²) in [5.74, 6) is 0. The van der Waals surface area contributed by atoms with Crippen LogP contribution in [0.1, 0.15) is 0 Å². The number of hydrogen-bond acceptors (Lipinski definition) is 1. The summed E-state index contributed by atoms with van der Waals surface area (Å²) >= 11 is 0. The van der Waals surface area contributed by atoms with Gasteiger partial charge >= 0.3 is 0 Å². The van der Waals surface area contributed by atoms with Crippen molar-refractivity contribution in [2.24, 2.45) is 0 Å². The van der Waals surface area contributed by atoms with E-state index >= 15 is 0 Å². The van der Waals surface area contributed by atoms with Gasteiger partial charge in [0.05, 0.1) is 0 Å². The van der Waals surface area contributed by atoms with E-state index in [9.17, 15) is 0 Å². The van der Waals surface area contributed by atoms with Crippen molar-refractivity contribution in [2.45, 2.75) is 0 Å². The summed E-state index contributed by atoms with van der Waals surface area (Å²) in [5.41, 5.74) is 4.67. The summed E-state index contributed by atoms with van der Waals surface area (Å²) < 4.78 is 0. The Hall–Kier alpha value is -3.58. The second-order valence-corrected chi connectivity index (χ2v) is 6.76. The molecule has 0 spiro atoms. The summed E-state index contributed by atoms with van der Waals surface area (Å²) in [6.45, 7) is 0. The van der Waals surface area contributed by atoms with Crippen LogP contribution < -0.4 is 5.32 Å². The molecule has 0 aliphatic rings. The van der Waals surface area contributed by atoms with Crippen molar-refractivity contribution >= 4 is 32.9 Å². The molecule has 5 rings (SSSR count). The Morgan fingerprint density at radius 3 is 1.96 bits per heavy atom. The highest BCUT2D eigenvalue weighted by Gasteiger charge is 2.07. The summed E-state index contributed by atoms with van der Waals surface area (Å²) in [7, 11) is 0. The maximum Gasteiger partial charge on any atom is 0.0470 e. The molecular formula is C26H19N. The Morgan fingerprint density at radius 2 is 1.11 bits per heavy atom. The number of fused-ring (bicyclic) bond motifs is 3. The Balaban J connectivity index is 1.62. The van der Waals surface area contributed by atoms with E-state index in [1.54, 1.807) is 0 Å². The van der Waals surface area contributed by atoms with Gasteiger partial charge in [-0.05, 0) is 45.5 Å². The minimum absolute atomic E-state index is 1.09. The van der Waals surface area contributed by atoms with E-state index in [1.165, 1.54) is 32.7 Å². The fourth-order valence-corrected chi connectivity index (χ4v) is 3.72. The highest BCUT2D eigenvalue weighted by Crippen LogP contribution is 2.34. The summed E-state index contributed by atoms with van der Waals surface area (Å²) in [5, 5.41) is 8.70. The molecule has 0 fully saturated rings. The predicted molar refractivity (Wildman–Crippen MR) is 117 cm³/mol. The SMILES string of the molecule is c1ccc(-c2cccc(Nc3cc4ccccc4c4ccccc34)c2)cc1. The highest BCUT2D eigenvalue weighted by molar-refractivity contribution is 6.13. The Bertz CT molecular complexity index is 1240. The smallest absolute Gasteiger partial charge is 0.0470 e. The normalized spacial score (nSPS) is 11.0. The lowest BCUT2D eigenvalue weighted by atomic mass is 10.00. The van der Waals surface area contributed by atoms with Crippen molar-refractivity contribution in [2.75, 3.05) is 5.32 Å². The lowest BCUT2D eigenvalue weighted by molar-refractivity contribution is 1.56. The van der Waals surface area contributed by atoms with Gasteiger partial charge in [0.2, 0.25) is 0 Å². The van der Waals surface area contributed by atoms with Crippen molar-refractivity contribution in [1.82, 2.24) is 0 Å². The fourth-order valence-electron chi connectivity index (χ4n) is 3.72. The standard InChI is InChI=1S/C26H19N/c1-2-9-19(10-3-1)20-12-8-13-22(17-20)27-26-18-21-11-4-5-14-23(21)24-15-6-7-16-25(24)26/h1-18,27H. The topological polar surface area (TPSA) is 12.0 Å². The first-order chi connectivity index (χ1) is 13.4. The van der Waals surface area contributed by atoms with E-state index in [2.05, 4.69) is 108 Å². The number of rotatable bonds is 3. The zero-order valence-corrected chi connectivity index (χ0v) is 14.9. The summed E-state index contributed by atoms with van der Waals surface area (Å²) in [6.07, 6.45) is 0. The first-order valence-corrected chi connectivity index (χ1v) is 9.21. The molecule has 0 unspecified atom stereocenters. The lowest BCUT2D eigenvalue weighted by Gasteiger charge is -2.14. The van der Waals surface area contributed by atoms with Crippen LogP contribution in [0, 0.1) is 0 Å². The van der Waals surface area contributed by atoms with Gasteiger partial charge in [0.25, 0.3) is 0 Å². The third-order valence-corrected chi connectivity index (χ3v) is 5.02. The number of benzene rings is 5. The molecule has 0 saturated carbocycles. The monoisotopic (exact) mass is 345 g/mol. The molecule has 0 saturated heterocycles. The molecule has 1 heteroatoms. The van der Waals surface area contributed by atoms with Crippen LogP contribution in [0.3, 0.4) is 0 Å². The van der Waals surface area contributed by atoms with Gasteiger partial charge in [-0.1, -0.05) is 91.0 Å². The zero-order valence-electron chi connectivity index (χ0n) is 14.9. The third-order valence-electron chi connectivity index (χ3n) is 5.02. The molecule has 5 aromatic rings. The van der Waals surface area contributed by atoms with Crippen LogP contribution in [0.15, 0.2) is 109 Å². The second-order valence-electron chi connectivity index (χ2n) is 6.76. The van der Waals surface area contributed by atoms with Crippen LogP contribution in [0.2, 0.25) is 0 Å². The molecule has 0 aliphatic carbocycles. The Labute approximate surface area is 158 Å². The van der Waals surface area contributed by atoms with Crippen LogP contribution in [-0.4, -0.2) is 0 Å². The molecule has 27 heavy (non-hydrogen) atoms. The maximum absolute atomic E-state index is 3.65.